The highest BCUT2D eigenvalue weighted by atomic mass is 79.9. The molecule has 1 aromatic heterocycles. The molecule has 0 bridgehead atoms. The van der Waals surface area contributed by atoms with Gasteiger partial charge in [0.1, 0.15) is 17.1 Å². The number of halogens is 2. The Balaban J connectivity index is 2.26. The lowest BCUT2D eigenvalue weighted by Crippen LogP contribution is -2.35. The molecule has 0 saturated heterocycles. The molecule has 1 amide bonds. The van der Waals surface area contributed by atoms with E-state index in [1.165, 1.54) is 24.4 Å². The van der Waals surface area contributed by atoms with Crippen molar-refractivity contribution >= 4 is 21.8 Å². The summed E-state index contributed by atoms with van der Waals surface area (Å²) in [6, 6.07) is 6.71. The maximum atomic E-state index is 13.1. The molecule has 2 rings (SSSR count). The number of nitrogens with one attached hydrogen (secondary N) is 1. The average Bonchev–Trinajstić information content (AvgIpc) is 2.50. The zero-order valence-corrected chi connectivity index (χ0v) is 13.3. The van der Waals surface area contributed by atoms with Gasteiger partial charge in [0.2, 0.25) is 5.88 Å². The lowest BCUT2D eigenvalue weighted by atomic mass is 10.2. The Hall–Kier alpha value is -1.99. The lowest BCUT2D eigenvalue weighted by molar-refractivity contribution is 0.0919. The van der Waals surface area contributed by atoms with Gasteiger partial charge in [-0.15, -0.1) is 0 Å². The summed E-state index contributed by atoms with van der Waals surface area (Å²) in [5, 5.41) is 11.6. The fourth-order valence-corrected chi connectivity index (χ4v) is 2.09. The van der Waals surface area contributed by atoms with Gasteiger partial charge in [-0.1, -0.05) is 0 Å². The van der Waals surface area contributed by atoms with Crippen molar-refractivity contribution in [2.24, 2.45) is 0 Å². The molecule has 5 nitrogen and oxygen atoms in total. The summed E-state index contributed by atoms with van der Waals surface area (Å²) in [5.41, 5.74) is 0.221. The molecule has 0 aliphatic rings. The highest BCUT2D eigenvalue weighted by molar-refractivity contribution is 9.10. The maximum absolute atomic E-state index is 13.1. The lowest BCUT2D eigenvalue weighted by Gasteiger charge is -2.13. The zero-order valence-electron chi connectivity index (χ0n) is 11.7. The van der Waals surface area contributed by atoms with Gasteiger partial charge >= 0.3 is 0 Å². The Bertz CT molecular complexity index is 682. The molecule has 1 heterocycles. The monoisotopic (exact) mass is 368 g/mol. The molecule has 2 aromatic rings. The predicted octanol–water partition coefficient (Wildman–Crippen LogP) is 2.89. The second-order valence-electron chi connectivity index (χ2n) is 4.59. The Kier molecular flexibility index (Phi) is 5.46. The minimum atomic E-state index is -0.414. The Labute approximate surface area is 135 Å². The van der Waals surface area contributed by atoms with Crippen LogP contribution in [-0.4, -0.2) is 28.6 Å². The quantitative estimate of drug-likeness (QED) is 0.850. The van der Waals surface area contributed by atoms with Gasteiger partial charge in [0.25, 0.3) is 5.91 Å². The van der Waals surface area contributed by atoms with Crippen molar-refractivity contribution < 1.29 is 19.0 Å². The van der Waals surface area contributed by atoms with Gasteiger partial charge in [-0.3, -0.25) is 4.79 Å². The van der Waals surface area contributed by atoms with Crippen LogP contribution in [0.15, 0.2) is 41.0 Å². The third-order valence-electron chi connectivity index (χ3n) is 2.77. The van der Waals surface area contributed by atoms with Gasteiger partial charge in [0, 0.05) is 12.2 Å². The number of amides is 1. The van der Waals surface area contributed by atoms with Gasteiger partial charge in [-0.25, -0.2) is 9.37 Å². The van der Waals surface area contributed by atoms with Crippen molar-refractivity contribution in [3.05, 3.63) is 52.4 Å². The number of rotatable bonds is 5. The number of ether oxygens (including phenoxy) is 1. The highest BCUT2D eigenvalue weighted by Crippen LogP contribution is 2.30. The molecule has 7 heteroatoms. The van der Waals surface area contributed by atoms with Crippen molar-refractivity contribution in [3.8, 4) is 11.6 Å². The van der Waals surface area contributed by atoms with E-state index in [1.807, 2.05) is 0 Å². The third-order valence-corrected chi connectivity index (χ3v) is 3.39. The van der Waals surface area contributed by atoms with E-state index in [2.05, 4.69) is 26.2 Å². The number of aliphatic hydroxyl groups is 1. The number of carbonyl (C=O) groups excluding carboxylic acids is 1. The molecular weight excluding hydrogens is 355 g/mol. The fourth-order valence-electron chi connectivity index (χ4n) is 1.65. The van der Waals surface area contributed by atoms with Crippen molar-refractivity contribution in [1.82, 2.24) is 10.3 Å². The summed E-state index contributed by atoms with van der Waals surface area (Å²) < 4.78 is 19.1. The van der Waals surface area contributed by atoms with Gasteiger partial charge in [-0.05, 0) is 53.2 Å². The van der Waals surface area contributed by atoms with Crippen LogP contribution >= 0.6 is 15.9 Å². The van der Waals surface area contributed by atoms with Gasteiger partial charge in [0.05, 0.1) is 11.1 Å². The summed E-state index contributed by atoms with van der Waals surface area (Å²) in [6.07, 6.45) is 1.49. The normalized spacial score (nSPS) is 11.8. The molecule has 1 unspecified atom stereocenters. The van der Waals surface area contributed by atoms with E-state index < -0.39 is 17.8 Å². The Morgan fingerprint density at radius 3 is 2.95 bits per heavy atom. The van der Waals surface area contributed by atoms with Crippen molar-refractivity contribution in [1.29, 1.82) is 0 Å². The van der Waals surface area contributed by atoms with Gasteiger partial charge < -0.3 is 15.2 Å². The average molecular weight is 369 g/mol. The van der Waals surface area contributed by atoms with Crippen LogP contribution in [0.2, 0.25) is 0 Å². The molecule has 0 aliphatic carbocycles. The molecule has 1 aromatic carbocycles. The number of hydrogen-bond donors (Lipinski definition) is 2. The van der Waals surface area contributed by atoms with Crippen LogP contribution in [0, 0.1) is 5.82 Å². The number of pyridine rings is 1. The maximum Gasteiger partial charge on any atom is 0.257 e. The van der Waals surface area contributed by atoms with E-state index >= 15 is 0 Å². The molecule has 0 aliphatic heterocycles. The van der Waals surface area contributed by atoms with E-state index in [9.17, 15) is 9.18 Å². The zero-order chi connectivity index (χ0) is 16.1. The second kappa shape index (κ2) is 7.33. The molecular formula is C15H14BrFN2O3. The SMILES string of the molecule is CC(CO)NC(=O)c1cccnc1Oc1ccc(F)cc1Br. The Morgan fingerprint density at radius 2 is 2.27 bits per heavy atom. The highest BCUT2D eigenvalue weighted by Gasteiger charge is 2.17. The number of hydrogen-bond acceptors (Lipinski definition) is 4. The van der Waals surface area contributed by atoms with Crippen LogP contribution < -0.4 is 10.1 Å². The molecule has 1 atom stereocenters. The number of carbonyl (C=O) groups is 1. The first-order valence-corrected chi connectivity index (χ1v) is 7.30. The molecule has 116 valence electrons. The smallest absolute Gasteiger partial charge is 0.257 e. The standard InChI is InChI=1S/C15H14BrFN2O3/c1-9(8-20)19-14(21)11-3-2-6-18-15(11)22-13-5-4-10(17)7-12(13)16/h2-7,9,20H,8H2,1H3,(H,19,21). The van der Waals surface area contributed by atoms with E-state index in [-0.39, 0.29) is 18.1 Å². The second-order valence-corrected chi connectivity index (χ2v) is 5.44. The van der Waals surface area contributed by atoms with Gasteiger partial charge in [0.15, 0.2) is 0 Å². The Morgan fingerprint density at radius 1 is 1.50 bits per heavy atom. The van der Waals surface area contributed by atoms with Crippen LogP contribution in [0.25, 0.3) is 0 Å². The van der Waals surface area contributed by atoms with E-state index in [4.69, 9.17) is 9.84 Å². The number of aliphatic hydroxyl groups excluding tert-OH is 1. The molecule has 0 spiro atoms. The summed E-state index contributed by atoms with van der Waals surface area (Å²) >= 11 is 3.19. The van der Waals surface area contributed by atoms with E-state index in [1.54, 1.807) is 19.1 Å². The van der Waals surface area contributed by atoms with Crippen molar-refractivity contribution in [2.75, 3.05) is 6.61 Å². The number of aromatic nitrogens is 1. The summed E-state index contributed by atoms with van der Waals surface area (Å²) in [7, 11) is 0. The van der Waals surface area contributed by atoms with E-state index in [0.29, 0.717) is 10.2 Å². The first kappa shape index (κ1) is 16.4. The first-order valence-electron chi connectivity index (χ1n) is 6.51. The molecule has 0 radical (unpaired) electrons. The van der Waals surface area contributed by atoms with Crippen molar-refractivity contribution in [2.45, 2.75) is 13.0 Å². The minimum absolute atomic E-state index is 0.0949. The number of nitrogens with zero attached hydrogens (tertiary/aromatic N) is 1. The topological polar surface area (TPSA) is 71.5 Å². The third kappa shape index (κ3) is 4.02. The summed E-state index contributed by atoms with van der Waals surface area (Å²) in [6.45, 7) is 1.50. The molecule has 2 N–H and O–H groups in total. The van der Waals surface area contributed by atoms with Crippen LogP contribution in [-0.2, 0) is 0 Å². The first-order chi connectivity index (χ1) is 10.5. The minimum Gasteiger partial charge on any atom is -0.437 e. The molecule has 0 fully saturated rings. The largest absolute Gasteiger partial charge is 0.437 e. The molecule has 22 heavy (non-hydrogen) atoms. The summed E-state index contributed by atoms with van der Waals surface area (Å²) in [5.74, 6) is -0.389. The van der Waals surface area contributed by atoms with Crippen LogP contribution in [0.1, 0.15) is 17.3 Å². The molecule has 0 saturated carbocycles. The number of benzene rings is 1. The van der Waals surface area contributed by atoms with Gasteiger partial charge in [-0.2, -0.15) is 0 Å². The fraction of sp³-hybridized carbons (Fsp3) is 0.200. The van der Waals surface area contributed by atoms with E-state index in [0.717, 1.165) is 0 Å². The van der Waals surface area contributed by atoms with Crippen molar-refractivity contribution in [3.63, 3.8) is 0 Å². The summed E-state index contributed by atoms with van der Waals surface area (Å²) in [4.78, 5) is 16.2. The van der Waals surface area contributed by atoms with Crippen LogP contribution in [0.4, 0.5) is 4.39 Å². The predicted molar refractivity (Wildman–Crippen MR) is 82.4 cm³/mol. The van der Waals surface area contributed by atoms with Crippen LogP contribution in [0.3, 0.4) is 0 Å². The van der Waals surface area contributed by atoms with Crippen LogP contribution in [0.5, 0.6) is 11.6 Å².